The summed E-state index contributed by atoms with van der Waals surface area (Å²) in [5.41, 5.74) is 3.60. The van der Waals surface area contributed by atoms with Gasteiger partial charge in [0.1, 0.15) is 5.75 Å². The van der Waals surface area contributed by atoms with E-state index in [4.69, 9.17) is 4.74 Å². The Morgan fingerprint density at radius 1 is 1.00 bits per heavy atom. The van der Waals surface area contributed by atoms with Crippen LogP contribution >= 0.6 is 0 Å². The van der Waals surface area contributed by atoms with E-state index in [-0.39, 0.29) is 5.91 Å². The third-order valence-corrected chi connectivity index (χ3v) is 5.62. The second-order valence-corrected chi connectivity index (χ2v) is 7.20. The largest absolute Gasteiger partial charge is 0.497 e. The number of piperazine rings is 1. The third kappa shape index (κ3) is 3.93. The topological polar surface area (TPSA) is 36.0 Å². The molecule has 2 aromatic rings. The van der Waals surface area contributed by atoms with Gasteiger partial charge in [-0.05, 0) is 30.2 Å². The molecule has 1 fully saturated rings. The number of fused-ring (bicyclic) bond motifs is 1. The minimum Gasteiger partial charge on any atom is -0.497 e. The van der Waals surface area contributed by atoms with E-state index in [1.54, 1.807) is 7.11 Å². The lowest BCUT2D eigenvalue weighted by Gasteiger charge is -2.36. The Hall–Kier alpha value is -2.53. The van der Waals surface area contributed by atoms with Crippen molar-refractivity contribution in [3.05, 3.63) is 54.1 Å². The fraction of sp³-hybridized carbons (Fsp3) is 0.409. The third-order valence-electron chi connectivity index (χ3n) is 5.62. The molecule has 0 saturated carbocycles. The van der Waals surface area contributed by atoms with Crippen molar-refractivity contribution in [3.63, 3.8) is 0 Å². The molecular weight excluding hydrogens is 338 g/mol. The molecule has 2 aliphatic heterocycles. The van der Waals surface area contributed by atoms with Gasteiger partial charge in [0.25, 0.3) is 0 Å². The summed E-state index contributed by atoms with van der Waals surface area (Å²) in [5, 5.41) is 0. The highest BCUT2D eigenvalue weighted by molar-refractivity contribution is 5.95. The lowest BCUT2D eigenvalue weighted by atomic mass is 10.2. The first-order valence-electron chi connectivity index (χ1n) is 9.74. The zero-order valence-corrected chi connectivity index (χ0v) is 15.9. The van der Waals surface area contributed by atoms with Gasteiger partial charge in [-0.2, -0.15) is 0 Å². The number of ether oxygens (including phenoxy) is 1. The monoisotopic (exact) mass is 365 g/mol. The molecule has 2 aliphatic rings. The maximum atomic E-state index is 12.7. The molecule has 4 rings (SSSR count). The van der Waals surface area contributed by atoms with E-state index < -0.39 is 0 Å². The van der Waals surface area contributed by atoms with Crippen molar-refractivity contribution in [1.82, 2.24) is 4.90 Å². The SMILES string of the molecule is COc1cccc(N2CCN(CCC(=O)N3CCc4ccccc43)CC2)c1. The van der Waals surface area contributed by atoms with Gasteiger partial charge in [0, 0.05) is 63.1 Å². The molecule has 0 atom stereocenters. The molecule has 0 bridgehead atoms. The van der Waals surface area contributed by atoms with Gasteiger partial charge in [-0.25, -0.2) is 0 Å². The molecule has 1 amide bonds. The number of para-hydroxylation sites is 1. The van der Waals surface area contributed by atoms with E-state index in [2.05, 4.69) is 40.1 Å². The molecule has 5 heteroatoms. The van der Waals surface area contributed by atoms with Gasteiger partial charge >= 0.3 is 0 Å². The highest BCUT2D eigenvalue weighted by atomic mass is 16.5. The molecule has 0 aromatic heterocycles. The normalized spacial score (nSPS) is 17.1. The van der Waals surface area contributed by atoms with Gasteiger partial charge in [0.05, 0.1) is 7.11 Å². The summed E-state index contributed by atoms with van der Waals surface area (Å²) in [7, 11) is 1.70. The van der Waals surface area contributed by atoms with Crippen LogP contribution in [-0.4, -0.2) is 57.2 Å². The number of amides is 1. The number of anilines is 2. The van der Waals surface area contributed by atoms with Gasteiger partial charge in [0.2, 0.25) is 5.91 Å². The van der Waals surface area contributed by atoms with E-state index in [1.807, 2.05) is 23.1 Å². The van der Waals surface area contributed by atoms with Crippen LogP contribution in [0.5, 0.6) is 5.75 Å². The van der Waals surface area contributed by atoms with Crippen molar-refractivity contribution in [2.24, 2.45) is 0 Å². The molecular formula is C22H27N3O2. The predicted octanol–water partition coefficient (Wildman–Crippen LogP) is 2.80. The van der Waals surface area contributed by atoms with Crippen molar-refractivity contribution in [1.29, 1.82) is 0 Å². The standard InChI is InChI=1S/C22H27N3O2/c1-27-20-7-4-6-19(17-20)24-15-13-23(14-16-24)11-10-22(26)25-12-9-18-5-2-3-8-21(18)25/h2-8,17H,9-16H2,1H3. The Kier molecular flexibility index (Phi) is 5.30. The number of carbonyl (C=O) groups excluding carboxylic acids is 1. The van der Waals surface area contributed by atoms with Crippen molar-refractivity contribution < 1.29 is 9.53 Å². The second kappa shape index (κ2) is 8.01. The van der Waals surface area contributed by atoms with E-state index in [0.29, 0.717) is 6.42 Å². The van der Waals surface area contributed by atoms with Crippen molar-refractivity contribution in [2.45, 2.75) is 12.8 Å². The molecule has 2 aromatic carbocycles. The first kappa shape index (κ1) is 17.9. The van der Waals surface area contributed by atoms with Crippen LogP contribution in [0, 0.1) is 0 Å². The van der Waals surface area contributed by atoms with Crippen molar-refractivity contribution in [3.8, 4) is 5.75 Å². The van der Waals surface area contributed by atoms with Gasteiger partial charge < -0.3 is 14.5 Å². The van der Waals surface area contributed by atoms with Crippen LogP contribution in [0.15, 0.2) is 48.5 Å². The molecule has 142 valence electrons. The maximum absolute atomic E-state index is 12.7. The first-order chi connectivity index (χ1) is 13.2. The van der Waals surface area contributed by atoms with E-state index in [9.17, 15) is 4.79 Å². The molecule has 1 saturated heterocycles. The van der Waals surface area contributed by atoms with E-state index >= 15 is 0 Å². The van der Waals surface area contributed by atoms with Crippen LogP contribution in [0.1, 0.15) is 12.0 Å². The summed E-state index contributed by atoms with van der Waals surface area (Å²) < 4.78 is 5.33. The average Bonchev–Trinajstić information content (AvgIpc) is 3.17. The minimum atomic E-state index is 0.246. The van der Waals surface area contributed by atoms with Crippen LogP contribution < -0.4 is 14.5 Å². The summed E-state index contributed by atoms with van der Waals surface area (Å²) in [6, 6.07) is 16.5. The van der Waals surface area contributed by atoms with Gasteiger partial charge in [0.15, 0.2) is 0 Å². The Bertz CT molecular complexity index is 800. The molecule has 27 heavy (non-hydrogen) atoms. The van der Waals surface area contributed by atoms with Gasteiger partial charge in [-0.15, -0.1) is 0 Å². The lowest BCUT2D eigenvalue weighted by Crippen LogP contribution is -2.47. The summed E-state index contributed by atoms with van der Waals surface area (Å²) in [6.45, 7) is 5.59. The first-order valence-corrected chi connectivity index (χ1v) is 9.74. The Morgan fingerprint density at radius 2 is 1.81 bits per heavy atom. The van der Waals surface area contributed by atoms with Crippen molar-refractivity contribution in [2.75, 3.05) is 56.2 Å². The molecule has 0 unspecified atom stereocenters. The van der Waals surface area contributed by atoms with Crippen LogP contribution in [0.4, 0.5) is 11.4 Å². The fourth-order valence-corrected chi connectivity index (χ4v) is 4.02. The van der Waals surface area contributed by atoms with Crippen LogP contribution in [0.2, 0.25) is 0 Å². The molecule has 0 N–H and O–H groups in total. The van der Waals surface area contributed by atoms with E-state index in [0.717, 1.165) is 57.1 Å². The fourth-order valence-electron chi connectivity index (χ4n) is 4.02. The predicted molar refractivity (Wildman–Crippen MR) is 109 cm³/mol. The zero-order valence-electron chi connectivity index (χ0n) is 15.9. The molecule has 5 nitrogen and oxygen atoms in total. The maximum Gasteiger partial charge on any atom is 0.228 e. The van der Waals surface area contributed by atoms with Crippen molar-refractivity contribution >= 4 is 17.3 Å². The van der Waals surface area contributed by atoms with Gasteiger partial charge in [-0.1, -0.05) is 24.3 Å². The molecule has 0 aliphatic carbocycles. The number of carbonyl (C=O) groups is 1. The number of hydrogen-bond acceptors (Lipinski definition) is 4. The summed E-state index contributed by atoms with van der Waals surface area (Å²) in [6.07, 6.45) is 1.56. The lowest BCUT2D eigenvalue weighted by molar-refractivity contribution is -0.118. The van der Waals surface area contributed by atoms with Crippen LogP contribution in [0.25, 0.3) is 0 Å². The van der Waals surface area contributed by atoms with Crippen LogP contribution in [0.3, 0.4) is 0 Å². The Morgan fingerprint density at radius 3 is 2.63 bits per heavy atom. The number of hydrogen-bond donors (Lipinski definition) is 0. The Balaban J connectivity index is 1.27. The number of rotatable bonds is 5. The average molecular weight is 365 g/mol. The number of benzene rings is 2. The minimum absolute atomic E-state index is 0.246. The van der Waals surface area contributed by atoms with Gasteiger partial charge in [-0.3, -0.25) is 9.69 Å². The van der Waals surface area contributed by atoms with E-state index in [1.165, 1.54) is 11.3 Å². The molecule has 0 spiro atoms. The highest BCUT2D eigenvalue weighted by Crippen LogP contribution is 2.28. The molecule has 2 heterocycles. The summed E-state index contributed by atoms with van der Waals surface area (Å²) in [4.78, 5) is 19.4. The summed E-state index contributed by atoms with van der Waals surface area (Å²) >= 11 is 0. The highest BCUT2D eigenvalue weighted by Gasteiger charge is 2.25. The zero-order chi connectivity index (χ0) is 18.6. The quantitative estimate of drug-likeness (QED) is 0.816. The summed E-state index contributed by atoms with van der Waals surface area (Å²) in [5.74, 6) is 1.14. The number of nitrogens with zero attached hydrogens (tertiary/aromatic N) is 3. The molecule has 0 radical (unpaired) electrons. The second-order valence-electron chi connectivity index (χ2n) is 7.20. The van der Waals surface area contributed by atoms with Crippen LogP contribution in [-0.2, 0) is 11.2 Å². The Labute approximate surface area is 161 Å². The smallest absolute Gasteiger partial charge is 0.228 e. The number of methoxy groups -OCH3 is 1.